The van der Waals surface area contributed by atoms with Gasteiger partial charge in [-0.1, -0.05) is 6.07 Å². The van der Waals surface area contributed by atoms with Crippen molar-refractivity contribution in [3.05, 3.63) is 23.8 Å². The third kappa shape index (κ3) is 2.70. The lowest BCUT2D eigenvalue weighted by Crippen LogP contribution is -2.11. The van der Waals surface area contributed by atoms with Gasteiger partial charge in [0.1, 0.15) is 5.75 Å². The van der Waals surface area contributed by atoms with Crippen molar-refractivity contribution in [1.82, 2.24) is 0 Å². The molecule has 5 heteroatoms. The molecule has 0 aromatic heterocycles. The quantitative estimate of drug-likeness (QED) is 0.843. The maximum atomic E-state index is 11.5. The van der Waals surface area contributed by atoms with E-state index in [0.29, 0.717) is 11.3 Å². The minimum absolute atomic E-state index is 0.233. The molecule has 0 unspecified atom stereocenters. The fourth-order valence-electron chi connectivity index (χ4n) is 1.34. The van der Waals surface area contributed by atoms with Crippen LogP contribution in [0.15, 0.2) is 23.1 Å². The highest BCUT2D eigenvalue weighted by Crippen LogP contribution is 2.25. The van der Waals surface area contributed by atoms with Gasteiger partial charge in [-0.3, -0.25) is 0 Å². The van der Waals surface area contributed by atoms with Crippen molar-refractivity contribution in [2.75, 3.05) is 13.4 Å². The highest BCUT2D eigenvalue weighted by atomic mass is 32.2. The van der Waals surface area contributed by atoms with Crippen molar-refractivity contribution in [2.45, 2.75) is 17.9 Å². The van der Waals surface area contributed by atoms with E-state index >= 15 is 0 Å². The van der Waals surface area contributed by atoms with E-state index in [1.165, 1.54) is 13.2 Å². The summed E-state index contributed by atoms with van der Waals surface area (Å²) in [6, 6.07) is 4.56. The summed E-state index contributed by atoms with van der Waals surface area (Å²) in [4.78, 5) is 0.233. The fraction of sp³-hybridized carbons (Fsp3) is 0.400. The Morgan fingerprint density at radius 3 is 2.40 bits per heavy atom. The maximum absolute atomic E-state index is 11.5. The Morgan fingerprint density at radius 1 is 1.40 bits per heavy atom. The summed E-state index contributed by atoms with van der Waals surface area (Å²) >= 11 is 0. The summed E-state index contributed by atoms with van der Waals surface area (Å²) in [6.07, 6.45) is 1.16. The van der Waals surface area contributed by atoms with Crippen molar-refractivity contribution in [3.63, 3.8) is 0 Å². The number of rotatable bonds is 3. The normalized spacial score (nSPS) is 13.6. The predicted molar refractivity (Wildman–Crippen MR) is 58.7 cm³/mol. The zero-order valence-corrected chi connectivity index (χ0v) is 9.84. The van der Waals surface area contributed by atoms with Crippen molar-refractivity contribution >= 4 is 9.84 Å². The van der Waals surface area contributed by atoms with E-state index in [2.05, 4.69) is 0 Å². The third-order valence-corrected chi connectivity index (χ3v) is 3.26. The van der Waals surface area contributed by atoms with E-state index in [9.17, 15) is 8.42 Å². The molecule has 0 saturated heterocycles. The topological polar surface area (TPSA) is 69.4 Å². The molecule has 0 saturated carbocycles. The molecule has 0 aliphatic carbocycles. The van der Waals surface area contributed by atoms with Gasteiger partial charge in [0, 0.05) is 12.3 Å². The number of hydrogen-bond acceptors (Lipinski definition) is 4. The van der Waals surface area contributed by atoms with E-state index in [1.54, 1.807) is 19.1 Å². The van der Waals surface area contributed by atoms with Gasteiger partial charge in [-0.25, -0.2) is 8.42 Å². The van der Waals surface area contributed by atoms with Crippen LogP contribution >= 0.6 is 0 Å². The van der Waals surface area contributed by atoms with Crippen LogP contribution in [0.1, 0.15) is 18.5 Å². The molecule has 4 nitrogen and oxygen atoms in total. The molecule has 1 aromatic carbocycles. The van der Waals surface area contributed by atoms with E-state index in [0.717, 1.165) is 6.26 Å². The average Bonchev–Trinajstić information content (AvgIpc) is 2.15. The number of ether oxygens (including phenoxy) is 1. The molecular weight excluding hydrogens is 214 g/mol. The summed E-state index contributed by atoms with van der Waals surface area (Å²) in [7, 11) is -1.78. The lowest BCUT2D eigenvalue weighted by Gasteiger charge is -2.12. The van der Waals surface area contributed by atoms with Gasteiger partial charge in [0.2, 0.25) is 0 Å². The van der Waals surface area contributed by atoms with Crippen LogP contribution in [-0.2, 0) is 9.84 Å². The first kappa shape index (κ1) is 12.0. The van der Waals surface area contributed by atoms with Crippen molar-refractivity contribution < 1.29 is 13.2 Å². The Kier molecular flexibility index (Phi) is 3.36. The molecule has 0 aliphatic heterocycles. The number of sulfone groups is 1. The fourth-order valence-corrected chi connectivity index (χ4v) is 2.35. The molecule has 1 rings (SSSR count). The van der Waals surface area contributed by atoms with Gasteiger partial charge in [-0.2, -0.15) is 0 Å². The molecule has 0 radical (unpaired) electrons. The SMILES string of the molecule is COc1ccc([C@H](C)N)c(S(C)(=O)=O)c1. The van der Waals surface area contributed by atoms with Crippen LogP contribution in [0.25, 0.3) is 0 Å². The van der Waals surface area contributed by atoms with Crippen molar-refractivity contribution in [3.8, 4) is 5.75 Å². The minimum atomic E-state index is -3.27. The smallest absolute Gasteiger partial charge is 0.175 e. The standard InChI is InChI=1S/C10H15NO3S/c1-7(11)9-5-4-8(14-2)6-10(9)15(3,12)13/h4-7H,11H2,1-3H3/t7-/m0/s1. The van der Waals surface area contributed by atoms with Gasteiger partial charge in [-0.05, 0) is 24.6 Å². The number of hydrogen-bond donors (Lipinski definition) is 1. The highest BCUT2D eigenvalue weighted by Gasteiger charge is 2.16. The minimum Gasteiger partial charge on any atom is -0.497 e. The van der Waals surface area contributed by atoms with Gasteiger partial charge in [0.05, 0.1) is 12.0 Å². The second-order valence-electron chi connectivity index (χ2n) is 3.46. The lowest BCUT2D eigenvalue weighted by molar-refractivity contribution is 0.413. The first-order valence-electron chi connectivity index (χ1n) is 4.50. The molecule has 0 heterocycles. The van der Waals surface area contributed by atoms with Crippen LogP contribution in [0.3, 0.4) is 0 Å². The molecule has 15 heavy (non-hydrogen) atoms. The number of methoxy groups -OCH3 is 1. The number of nitrogens with two attached hydrogens (primary N) is 1. The van der Waals surface area contributed by atoms with Crippen LogP contribution in [0.4, 0.5) is 0 Å². The average molecular weight is 229 g/mol. The molecule has 0 fully saturated rings. The maximum Gasteiger partial charge on any atom is 0.175 e. The Morgan fingerprint density at radius 2 is 2.00 bits per heavy atom. The van der Waals surface area contributed by atoms with E-state index in [-0.39, 0.29) is 10.9 Å². The van der Waals surface area contributed by atoms with Crippen LogP contribution < -0.4 is 10.5 Å². The zero-order valence-electron chi connectivity index (χ0n) is 9.02. The Hall–Kier alpha value is -1.07. The first-order valence-corrected chi connectivity index (χ1v) is 6.39. The van der Waals surface area contributed by atoms with Crippen LogP contribution in [-0.4, -0.2) is 21.8 Å². The van der Waals surface area contributed by atoms with E-state index < -0.39 is 9.84 Å². The van der Waals surface area contributed by atoms with Gasteiger partial charge >= 0.3 is 0 Å². The van der Waals surface area contributed by atoms with Gasteiger partial charge in [-0.15, -0.1) is 0 Å². The predicted octanol–water partition coefficient (Wildman–Crippen LogP) is 1.12. The van der Waals surface area contributed by atoms with E-state index in [1.807, 2.05) is 0 Å². The summed E-state index contributed by atoms with van der Waals surface area (Å²) in [5.41, 5.74) is 6.31. The first-order chi connectivity index (χ1) is 6.86. The third-order valence-electron chi connectivity index (χ3n) is 2.11. The van der Waals surface area contributed by atoms with Gasteiger partial charge in [0.15, 0.2) is 9.84 Å². The van der Waals surface area contributed by atoms with Gasteiger partial charge < -0.3 is 10.5 Å². The molecule has 1 atom stereocenters. The summed E-state index contributed by atoms with van der Waals surface area (Å²) in [5, 5.41) is 0. The van der Waals surface area contributed by atoms with Crippen LogP contribution in [0.5, 0.6) is 5.75 Å². The monoisotopic (exact) mass is 229 g/mol. The zero-order chi connectivity index (χ0) is 11.6. The Labute approximate surface area is 90.0 Å². The Bertz CT molecular complexity index is 452. The molecule has 2 N–H and O–H groups in total. The second-order valence-corrected chi connectivity index (χ2v) is 5.45. The van der Waals surface area contributed by atoms with Crippen molar-refractivity contribution in [2.24, 2.45) is 5.73 Å². The summed E-state index contributed by atoms with van der Waals surface area (Å²) in [6.45, 7) is 1.75. The van der Waals surface area contributed by atoms with E-state index in [4.69, 9.17) is 10.5 Å². The molecule has 84 valence electrons. The molecule has 0 bridgehead atoms. The molecule has 0 aliphatic rings. The van der Waals surface area contributed by atoms with Gasteiger partial charge in [0.25, 0.3) is 0 Å². The second kappa shape index (κ2) is 4.20. The Balaban J connectivity index is 3.43. The molecular formula is C10H15NO3S. The van der Waals surface area contributed by atoms with Crippen LogP contribution in [0, 0.1) is 0 Å². The molecule has 1 aromatic rings. The lowest BCUT2D eigenvalue weighted by atomic mass is 10.1. The summed E-state index contributed by atoms with van der Waals surface area (Å²) in [5.74, 6) is 0.514. The molecule has 0 amide bonds. The van der Waals surface area contributed by atoms with Crippen LogP contribution in [0.2, 0.25) is 0 Å². The largest absolute Gasteiger partial charge is 0.497 e. The summed E-state index contributed by atoms with van der Waals surface area (Å²) < 4.78 is 28.0. The van der Waals surface area contributed by atoms with Crippen molar-refractivity contribution in [1.29, 1.82) is 0 Å². The molecule has 0 spiro atoms. The highest BCUT2D eigenvalue weighted by molar-refractivity contribution is 7.90. The number of benzene rings is 1.